The Labute approximate surface area is 81.7 Å². The first-order chi connectivity index (χ1) is 5.41. The molecule has 0 fully saturated rings. The molecule has 68 valence electrons. The highest BCUT2D eigenvalue weighted by Crippen LogP contribution is 2.08. The second-order valence-electron chi connectivity index (χ2n) is 3.47. The van der Waals surface area contributed by atoms with E-state index in [0.29, 0.717) is 0 Å². The van der Waals surface area contributed by atoms with Crippen molar-refractivity contribution in [3.63, 3.8) is 0 Å². The van der Waals surface area contributed by atoms with Crippen LogP contribution in [0.1, 0.15) is 59.7 Å². The summed E-state index contributed by atoms with van der Waals surface area (Å²) in [7, 11) is 0. The maximum atomic E-state index is 2.28. The molecule has 0 aromatic heterocycles. The Kier molecular flexibility index (Phi) is 11.0. The Morgan fingerprint density at radius 3 is 1.73 bits per heavy atom. The standard InChI is InChI=1S/C10H21.Al.H2.2H/c1-3-5-7-9-10-8-6-4-2;;;;/h1,3-10H2,2H3;;1H;;. The lowest BCUT2D eigenvalue weighted by atomic mass is 10.1. The predicted octanol–water partition coefficient (Wildman–Crippen LogP) is 3.42. The Balaban J connectivity index is 0. The van der Waals surface area contributed by atoms with Crippen LogP contribution in [-0.2, 0) is 0 Å². The van der Waals surface area contributed by atoms with Gasteiger partial charge >= 0.3 is 0 Å². The van der Waals surface area contributed by atoms with Gasteiger partial charge in [-0.05, 0) is 0 Å². The third-order valence-corrected chi connectivity index (χ3v) is 2.91. The van der Waals surface area contributed by atoms with Crippen LogP contribution in [0.2, 0.25) is 5.28 Å². The van der Waals surface area contributed by atoms with E-state index in [9.17, 15) is 0 Å². The molecule has 0 aliphatic rings. The summed E-state index contributed by atoms with van der Waals surface area (Å²) in [5.41, 5.74) is 0. The molecular formula is C10H25Al. The van der Waals surface area contributed by atoms with Crippen molar-refractivity contribution < 1.29 is 1.43 Å². The Morgan fingerprint density at radius 2 is 1.27 bits per heavy atom. The molecule has 0 aliphatic carbocycles. The maximum absolute atomic E-state index is 2.28. The highest BCUT2D eigenvalue weighted by Gasteiger charge is 1.89. The zero-order valence-corrected chi connectivity index (χ0v) is 10.4. The average molecular weight is 172 g/mol. The number of rotatable bonds is 8. The Morgan fingerprint density at radius 1 is 0.818 bits per heavy atom. The number of unbranched alkanes of at least 4 members (excludes halogenated alkanes) is 7. The molecular weight excluding hydrogens is 147 g/mol. The van der Waals surface area contributed by atoms with Crippen molar-refractivity contribution in [2.45, 2.75) is 63.6 Å². The number of hydrogen-bond donors (Lipinski definition) is 0. The molecule has 1 heteroatoms. The summed E-state index contributed by atoms with van der Waals surface area (Å²) in [6.45, 7) is 2.28. The molecule has 0 aromatic rings. The van der Waals surface area contributed by atoms with Crippen molar-refractivity contribution in [1.82, 2.24) is 0 Å². The van der Waals surface area contributed by atoms with Gasteiger partial charge < -0.3 is 0 Å². The lowest BCUT2D eigenvalue weighted by Gasteiger charge is -1.99. The van der Waals surface area contributed by atoms with Crippen molar-refractivity contribution in [3.8, 4) is 0 Å². The quantitative estimate of drug-likeness (QED) is 0.389. The molecule has 0 rings (SSSR count). The van der Waals surface area contributed by atoms with Gasteiger partial charge in [0, 0.05) is 1.43 Å². The van der Waals surface area contributed by atoms with Gasteiger partial charge in [-0.25, -0.2) is 0 Å². The van der Waals surface area contributed by atoms with Crippen LogP contribution in [0.25, 0.3) is 0 Å². The van der Waals surface area contributed by atoms with Crippen LogP contribution in [0.3, 0.4) is 0 Å². The van der Waals surface area contributed by atoms with Crippen LogP contribution in [0.4, 0.5) is 0 Å². The molecule has 0 heterocycles. The molecule has 0 nitrogen and oxygen atoms in total. The summed E-state index contributed by atoms with van der Waals surface area (Å²) in [4.78, 5) is 0. The lowest BCUT2D eigenvalue weighted by Crippen LogP contribution is -1.79. The fraction of sp³-hybridized carbons (Fsp3) is 1.00. The van der Waals surface area contributed by atoms with Gasteiger partial charge in [-0.1, -0.05) is 58.3 Å². The smallest absolute Gasteiger partial charge is 0.101 e. The molecule has 0 aliphatic heterocycles. The van der Waals surface area contributed by atoms with Crippen molar-refractivity contribution in [2.75, 3.05) is 0 Å². The van der Waals surface area contributed by atoms with E-state index in [4.69, 9.17) is 0 Å². The van der Waals surface area contributed by atoms with E-state index < -0.39 is 0 Å². The summed E-state index contributed by atoms with van der Waals surface area (Å²) in [5, 5.41) is 1.51. The summed E-state index contributed by atoms with van der Waals surface area (Å²) < 4.78 is 0. The summed E-state index contributed by atoms with van der Waals surface area (Å²) >= 11 is 1.41. The van der Waals surface area contributed by atoms with Gasteiger partial charge in [0.05, 0.1) is 0 Å². The van der Waals surface area contributed by atoms with Gasteiger partial charge in [0.1, 0.15) is 0 Å². The van der Waals surface area contributed by atoms with Gasteiger partial charge in [-0.2, -0.15) is 0 Å². The first kappa shape index (κ1) is 11.5. The van der Waals surface area contributed by atoms with Gasteiger partial charge in [0.2, 0.25) is 16.3 Å². The number of hydrogen-bond acceptors (Lipinski definition) is 0. The molecule has 0 spiro atoms. The van der Waals surface area contributed by atoms with Crippen molar-refractivity contribution >= 4 is 16.3 Å². The van der Waals surface area contributed by atoms with E-state index in [1.54, 1.807) is 0 Å². The van der Waals surface area contributed by atoms with E-state index in [0.717, 1.165) is 0 Å². The first-order valence-corrected chi connectivity index (χ1v) is 6.83. The van der Waals surface area contributed by atoms with E-state index in [-0.39, 0.29) is 1.43 Å². The van der Waals surface area contributed by atoms with Gasteiger partial charge in [-0.3, -0.25) is 0 Å². The molecule has 0 radical (unpaired) electrons. The summed E-state index contributed by atoms with van der Waals surface area (Å²) in [6, 6.07) is 0. The summed E-state index contributed by atoms with van der Waals surface area (Å²) in [6.07, 6.45) is 11.7. The Hall–Kier alpha value is 0.532. The third kappa shape index (κ3) is 10.5. The van der Waals surface area contributed by atoms with Gasteiger partial charge in [0.15, 0.2) is 0 Å². The van der Waals surface area contributed by atoms with Crippen LogP contribution in [-0.4, -0.2) is 16.3 Å². The monoisotopic (exact) mass is 172 g/mol. The van der Waals surface area contributed by atoms with Crippen molar-refractivity contribution in [2.24, 2.45) is 0 Å². The molecule has 0 saturated heterocycles. The lowest BCUT2D eigenvalue weighted by molar-refractivity contribution is 0.585. The first-order valence-electron chi connectivity index (χ1n) is 5.41. The molecule has 0 unspecified atom stereocenters. The summed E-state index contributed by atoms with van der Waals surface area (Å²) in [5.74, 6) is 0. The van der Waals surface area contributed by atoms with E-state index in [1.807, 2.05) is 0 Å². The van der Waals surface area contributed by atoms with Crippen LogP contribution < -0.4 is 0 Å². The molecule has 0 saturated carbocycles. The van der Waals surface area contributed by atoms with Crippen molar-refractivity contribution in [3.05, 3.63) is 0 Å². The van der Waals surface area contributed by atoms with E-state index in [2.05, 4.69) is 6.92 Å². The molecule has 11 heavy (non-hydrogen) atoms. The normalized spacial score (nSPS) is 10.3. The minimum atomic E-state index is 0. The van der Waals surface area contributed by atoms with Crippen LogP contribution in [0, 0.1) is 0 Å². The van der Waals surface area contributed by atoms with Gasteiger partial charge in [-0.15, -0.1) is 5.28 Å². The minimum Gasteiger partial charge on any atom is -0.101 e. The van der Waals surface area contributed by atoms with Crippen LogP contribution >= 0.6 is 0 Å². The average Bonchev–Trinajstić information content (AvgIpc) is 2.03. The second kappa shape index (κ2) is 10.5. The highest BCUT2D eigenvalue weighted by molar-refractivity contribution is 6.08. The molecule has 0 atom stereocenters. The second-order valence-corrected chi connectivity index (χ2v) is 4.47. The topological polar surface area (TPSA) is 0 Å². The Bertz CT molecular complexity index is 58.9. The fourth-order valence-electron chi connectivity index (χ4n) is 1.38. The highest BCUT2D eigenvalue weighted by atomic mass is 27.0. The van der Waals surface area contributed by atoms with Crippen LogP contribution in [0.5, 0.6) is 0 Å². The molecule has 0 N–H and O–H groups in total. The minimum absolute atomic E-state index is 0. The molecule has 0 bridgehead atoms. The van der Waals surface area contributed by atoms with Gasteiger partial charge in [0.25, 0.3) is 0 Å². The zero-order valence-electron chi connectivity index (χ0n) is 8.36. The fourth-order valence-corrected chi connectivity index (χ4v) is 1.88. The predicted molar refractivity (Wildman–Crippen MR) is 58.1 cm³/mol. The SMILES string of the molecule is CCCCCCCCC[CH2][AlH2].[HH]. The van der Waals surface area contributed by atoms with E-state index >= 15 is 0 Å². The van der Waals surface area contributed by atoms with Crippen LogP contribution in [0.15, 0.2) is 0 Å². The maximum Gasteiger partial charge on any atom is 0.211 e. The molecule has 0 amide bonds. The largest absolute Gasteiger partial charge is 0.211 e. The van der Waals surface area contributed by atoms with E-state index in [1.165, 1.54) is 72.9 Å². The molecule has 0 aromatic carbocycles. The van der Waals surface area contributed by atoms with Crippen molar-refractivity contribution in [1.29, 1.82) is 0 Å². The zero-order chi connectivity index (χ0) is 8.36. The third-order valence-electron chi connectivity index (χ3n) is 2.21.